The number of carbonyl (C=O) groups is 1. The van der Waals surface area contributed by atoms with E-state index in [0.29, 0.717) is 6.54 Å². The van der Waals surface area contributed by atoms with Gasteiger partial charge in [0.1, 0.15) is 6.23 Å². The summed E-state index contributed by atoms with van der Waals surface area (Å²) in [5, 5.41) is 0. The number of thioether (sulfide) groups is 1. The van der Waals surface area contributed by atoms with Crippen LogP contribution in [-0.2, 0) is 9.53 Å². The molecule has 0 aromatic heterocycles. The largest absolute Gasteiger partial charge is 0.349 e. The first-order valence-electron chi connectivity index (χ1n) is 5.42. The summed E-state index contributed by atoms with van der Waals surface area (Å²) in [5.74, 6) is 1.83. The van der Waals surface area contributed by atoms with Crippen LogP contribution in [0.15, 0.2) is 0 Å². The Labute approximate surface area is 110 Å². The van der Waals surface area contributed by atoms with E-state index in [2.05, 4.69) is 0 Å². The minimum absolute atomic E-state index is 0.149. The third-order valence-electron chi connectivity index (χ3n) is 3.08. The summed E-state index contributed by atoms with van der Waals surface area (Å²) in [6.07, 6.45) is 1.62. The van der Waals surface area contributed by atoms with Gasteiger partial charge in [0.05, 0.1) is 12.1 Å². The summed E-state index contributed by atoms with van der Waals surface area (Å²) in [6, 6.07) is 0. The van der Waals surface area contributed by atoms with Gasteiger partial charge < -0.3 is 9.64 Å². The van der Waals surface area contributed by atoms with Gasteiger partial charge in [-0.2, -0.15) is 11.8 Å². The van der Waals surface area contributed by atoms with Crippen molar-refractivity contribution in [3.05, 3.63) is 0 Å². The fourth-order valence-electron chi connectivity index (χ4n) is 2.26. The Morgan fingerprint density at radius 2 is 2.44 bits per heavy atom. The average molecular weight is 284 g/mol. The monoisotopic (exact) mass is 283 g/mol. The lowest BCUT2D eigenvalue weighted by molar-refractivity contribution is -0.135. The Morgan fingerprint density at radius 1 is 1.69 bits per heavy atom. The highest BCUT2D eigenvalue weighted by molar-refractivity contribution is 7.99. The molecule has 2 aliphatic rings. The third-order valence-corrected chi connectivity index (χ3v) is 4.67. The quantitative estimate of drug-likeness (QED) is 0.728. The molecule has 92 valence electrons. The van der Waals surface area contributed by atoms with E-state index in [1.807, 2.05) is 18.7 Å². The van der Waals surface area contributed by atoms with E-state index in [4.69, 9.17) is 27.9 Å². The van der Waals surface area contributed by atoms with E-state index in [-0.39, 0.29) is 17.7 Å². The van der Waals surface area contributed by atoms with Crippen LogP contribution in [0.2, 0.25) is 0 Å². The second-order valence-corrected chi connectivity index (χ2v) is 6.43. The number of hydrogen-bond donors (Lipinski definition) is 0. The van der Waals surface area contributed by atoms with Crippen molar-refractivity contribution in [1.29, 1.82) is 0 Å². The Kier molecular flexibility index (Phi) is 3.94. The number of rotatable bonds is 2. The second-order valence-electron chi connectivity index (χ2n) is 4.23. The van der Waals surface area contributed by atoms with E-state index < -0.39 is 4.84 Å². The van der Waals surface area contributed by atoms with Gasteiger partial charge in [0.25, 0.3) is 5.91 Å². The van der Waals surface area contributed by atoms with E-state index in [1.165, 1.54) is 0 Å². The number of amides is 1. The molecule has 1 spiro atoms. The maximum Gasteiger partial charge on any atom is 0.258 e. The van der Waals surface area contributed by atoms with Crippen molar-refractivity contribution < 1.29 is 9.53 Å². The summed E-state index contributed by atoms with van der Waals surface area (Å²) in [5.41, 5.74) is -0.149. The first-order chi connectivity index (χ1) is 7.58. The summed E-state index contributed by atoms with van der Waals surface area (Å²) in [6.45, 7) is 2.64. The first kappa shape index (κ1) is 12.8. The zero-order valence-corrected chi connectivity index (χ0v) is 11.4. The molecule has 2 fully saturated rings. The number of nitrogens with zero attached hydrogens (tertiary/aromatic N) is 1. The van der Waals surface area contributed by atoms with Gasteiger partial charge in [-0.3, -0.25) is 4.79 Å². The molecule has 2 rings (SSSR count). The lowest BCUT2D eigenvalue weighted by Crippen LogP contribution is -2.40. The maximum atomic E-state index is 11.8. The van der Waals surface area contributed by atoms with Crippen molar-refractivity contribution in [2.24, 2.45) is 0 Å². The van der Waals surface area contributed by atoms with Crippen LogP contribution >= 0.6 is 35.0 Å². The van der Waals surface area contributed by atoms with Gasteiger partial charge in [0.15, 0.2) is 4.84 Å². The molecular formula is C10H15Cl2NO2S. The summed E-state index contributed by atoms with van der Waals surface area (Å²) >= 11 is 13.2. The van der Waals surface area contributed by atoms with Crippen LogP contribution in [0.25, 0.3) is 0 Å². The predicted molar refractivity (Wildman–Crippen MR) is 67.0 cm³/mol. The number of carbonyl (C=O) groups excluding carboxylic acids is 1. The molecule has 0 N–H and O–H groups in total. The predicted octanol–water partition coefficient (Wildman–Crippen LogP) is 2.26. The Hall–Kier alpha value is 0.360. The molecule has 2 heterocycles. The van der Waals surface area contributed by atoms with Crippen LogP contribution < -0.4 is 0 Å². The molecule has 2 unspecified atom stereocenters. The number of ether oxygens (including phenoxy) is 1. The molecule has 2 saturated heterocycles. The smallest absolute Gasteiger partial charge is 0.258 e. The van der Waals surface area contributed by atoms with Crippen molar-refractivity contribution >= 4 is 40.9 Å². The fraction of sp³-hybridized carbons (Fsp3) is 0.900. The van der Waals surface area contributed by atoms with Crippen LogP contribution in [0.1, 0.15) is 19.8 Å². The molecule has 1 amide bonds. The zero-order valence-electron chi connectivity index (χ0n) is 9.12. The van der Waals surface area contributed by atoms with Gasteiger partial charge in [0.2, 0.25) is 0 Å². The van der Waals surface area contributed by atoms with Gasteiger partial charge in [0, 0.05) is 5.75 Å². The van der Waals surface area contributed by atoms with Crippen LogP contribution in [0.5, 0.6) is 0 Å². The molecule has 16 heavy (non-hydrogen) atoms. The SMILES string of the molecule is CCC1OC2(CCSC2)CN1C(=O)C(Cl)Cl. The second kappa shape index (κ2) is 4.92. The zero-order chi connectivity index (χ0) is 11.8. The molecule has 0 bridgehead atoms. The highest BCUT2D eigenvalue weighted by atomic mass is 35.5. The van der Waals surface area contributed by atoms with Crippen molar-refractivity contribution in [2.45, 2.75) is 36.4 Å². The lowest BCUT2D eigenvalue weighted by atomic mass is 10.0. The van der Waals surface area contributed by atoms with Crippen molar-refractivity contribution in [1.82, 2.24) is 4.90 Å². The molecule has 2 atom stereocenters. The topological polar surface area (TPSA) is 29.5 Å². The molecule has 0 radical (unpaired) electrons. The molecule has 0 aromatic carbocycles. The Balaban J connectivity index is 2.10. The minimum Gasteiger partial charge on any atom is -0.349 e. The van der Waals surface area contributed by atoms with Crippen molar-refractivity contribution in [3.8, 4) is 0 Å². The van der Waals surface area contributed by atoms with Gasteiger partial charge in [-0.25, -0.2) is 0 Å². The molecule has 0 aliphatic carbocycles. The van der Waals surface area contributed by atoms with Crippen molar-refractivity contribution in [3.63, 3.8) is 0 Å². The summed E-state index contributed by atoms with van der Waals surface area (Å²) < 4.78 is 6.01. The minimum atomic E-state index is -0.984. The maximum absolute atomic E-state index is 11.8. The molecule has 6 heteroatoms. The van der Waals surface area contributed by atoms with Gasteiger partial charge in [-0.15, -0.1) is 0 Å². The highest BCUT2D eigenvalue weighted by Gasteiger charge is 2.48. The molecular weight excluding hydrogens is 269 g/mol. The Bertz CT molecular complexity index is 282. The number of hydrogen-bond acceptors (Lipinski definition) is 3. The molecule has 0 aromatic rings. The van der Waals surface area contributed by atoms with Crippen LogP contribution in [-0.4, -0.2) is 45.5 Å². The van der Waals surface area contributed by atoms with Gasteiger partial charge in [-0.1, -0.05) is 30.1 Å². The van der Waals surface area contributed by atoms with Crippen LogP contribution in [0.3, 0.4) is 0 Å². The van der Waals surface area contributed by atoms with E-state index in [0.717, 1.165) is 24.3 Å². The number of halogens is 2. The Morgan fingerprint density at radius 3 is 2.94 bits per heavy atom. The number of alkyl halides is 2. The molecule has 3 nitrogen and oxygen atoms in total. The van der Waals surface area contributed by atoms with E-state index in [1.54, 1.807) is 4.90 Å². The third kappa shape index (κ3) is 2.30. The average Bonchev–Trinajstić information content (AvgIpc) is 2.85. The lowest BCUT2D eigenvalue weighted by Gasteiger charge is -2.21. The fourth-order valence-corrected chi connectivity index (χ4v) is 3.84. The van der Waals surface area contributed by atoms with Gasteiger partial charge in [-0.05, 0) is 18.6 Å². The normalized spacial score (nSPS) is 34.2. The standard InChI is InChI=1S/C10H15Cl2NO2S/c1-2-7-13(9(14)8(11)12)5-10(15-7)3-4-16-6-10/h7-8H,2-6H2,1H3. The van der Waals surface area contributed by atoms with Crippen LogP contribution in [0, 0.1) is 0 Å². The molecule has 2 aliphatic heterocycles. The molecule has 0 saturated carbocycles. The van der Waals surface area contributed by atoms with E-state index in [9.17, 15) is 4.79 Å². The van der Waals surface area contributed by atoms with Crippen LogP contribution in [0.4, 0.5) is 0 Å². The highest BCUT2D eigenvalue weighted by Crippen LogP contribution is 2.39. The summed E-state index contributed by atoms with van der Waals surface area (Å²) in [7, 11) is 0. The van der Waals surface area contributed by atoms with Gasteiger partial charge >= 0.3 is 0 Å². The first-order valence-corrected chi connectivity index (χ1v) is 7.45. The van der Waals surface area contributed by atoms with E-state index >= 15 is 0 Å². The summed E-state index contributed by atoms with van der Waals surface area (Å²) in [4.78, 5) is 12.5. The van der Waals surface area contributed by atoms with Crippen molar-refractivity contribution in [2.75, 3.05) is 18.1 Å².